The summed E-state index contributed by atoms with van der Waals surface area (Å²) in [4.78, 5) is 13.9. The van der Waals surface area contributed by atoms with Crippen molar-refractivity contribution in [1.29, 1.82) is 0 Å². The highest BCUT2D eigenvalue weighted by atomic mass is 35.5. The van der Waals surface area contributed by atoms with E-state index in [2.05, 4.69) is 22.1 Å². The van der Waals surface area contributed by atoms with Crippen LogP contribution in [0.25, 0.3) is 0 Å². The minimum Gasteiger partial charge on any atom is -0.354 e. The fourth-order valence-corrected chi connectivity index (χ4v) is 4.81. The van der Waals surface area contributed by atoms with Gasteiger partial charge < -0.3 is 10.6 Å². The van der Waals surface area contributed by atoms with Crippen molar-refractivity contribution < 1.29 is 4.79 Å². The molecule has 0 bridgehead atoms. The van der Waals surface area contributed by atoms with Crippen LogP contribution in [0.2, 0.25) is 0 Å². The topological polar surface area (TPSA) is 41.1 Å². The second-order valence-electron chi connectivity index (χ2n) is 6.68. The molecule has 0 radical (unpaired) electrons. The zero-order valence-electron chi connectivity index (χ0n) is 13.8. The zero-order valence-corrected chi connectivity index (χ0v) is 15.4. The Kier molecular flexibility index (Phi) is 7.87. The number of thiophene rings is 1. The summed E-state index contributed by atoms with van der Waals surface area (Å²) >= 11 is 1.80. The largest absolute Gasteiger partial charge is 0.354 e. The predicted molar refractivity (Wildman–Crippen MR) is 99.7 cm³/mol. The van der Waals surface area contributed by atoms with Gasteiger partial charge in [0.15, 0.2) is 0 Å². The fraction of sp³-hybridized carbons (Fsp3) is 0.722. The van der Waals surface area contributed by atoms with Crippen molar-refractivity contribution in [3.63, 3.8) is 0 Å². The average Bonchev–Trinajstić information content (AvgIpc) is 2.87. The molecule has 3 rings (SSSR count). The molecule has 0 spiro atoms. The van der Waals surface area contributed by atoms with Crippen LogP contribution in [0.4, 0.5) is 0 Å². The monoisotopic (exact) mass is 356 g/mol. The van der Waals surface area contributed by atoms with Crippen molar-refractivity contribution in [1.82, 2.24) is 10.6 Å². The number of aryl methyl sites for hydroxylation is 1. The van der Waals surface area contributed by atoms with Gasteiger partial charge in [0.05, 0.1) is 5.92 Å². The summed E-state index contributed by atoms with van der Waals surface area (Å²) < 4.78 is 0. The third-order valence-corrected chi connectivity index (χ3v) is 6.08. The van der Waals surface area contributed by atoms with Gasteiger partial charge in [-0.2, -0.15) is 0 Å². The van der Waals surface area contributed by atoms with Crippen molar-refractivity contribution in [2.75, 3.05) is 13.1 Å². The zero-order chi connectivity index (χ0) is 15.2. The molecule has 2 aliphatic rings. The minimum atomic E-state index is 0. The first kappa shape index (κ1) is 18.8. The van der Waals surface area contributed by atoms with Gasteiger partial charge in [-0.15, -0.1) is 23.7 Å². The van der Waals surface area contributed by atoms with Crippen LogP contribution in [0.3, 0.4) is 0 Å². The summed E-state index contributed by atoms with van der Waals surface area (Å²) in [5, 5.41) is 8.89. The van der Waals surface area contributed by atoms with Gasteiger partial charge >= 0.3 is 0 Å². The molecule has 1 saturated carbocycles. The number of carbonyl (C=O) groups excluding carboxylic acids is 1. The molecule has 0 aliphatic heterocycles. The van der Waals surface area contributed by atoms with Crippen LogP contribution in [0.1, 0.15) is 67.7 Å². The molecule has 1 atom stereocenters. The Hall–Kier alpha value is -0.580. The fourth-order valence-electron chi connectivity index (χ4n) is 3.83. The molecule has 1 amide bonds. The van der Waals surface area contributed by atoms with Crippen LogP contribution >= 0.6 is 23.7 Å². The number of nitrogens with one attached hydrogen (secondary N) is 2. The van der Waals surface area contributed by atoms with Gasteiger partial charge in [0.1, 0.15) is 0 Å². The summed E-state index contributed by atoms with van der Waals surface area (Å²) in [6.45, 7) is 1.66. The van der Waals surface area contributed by atoms with E-state index in [4.69, 9.17) is 0 Å². The van der Waals surface area contributed by atoms with Gasteiger partial charge in [-0.1, -0.05) is 25.7 Å². The number of fused-ring (bicyclic) bond motifs is 1. The Morgan fingerprint density at radius 1 is 1.09 bits per heavy atom. The molecule has 130 valence electrons. The molecule has 0 aromatic carbocycles. The smallest absolute Gasteiger partial charge is 0.227 e. The van der Waals surface area contributed by atoms with E-state index in [1.54, 1.807) is 11.3 Å². The lowest BCUT2D eigenvalue weighted by Gasteiger charge is -2.22. The molecule has 1 fully saturated rings. The maximum absolute atomic E-state index is 12.4. The first-order valence-electron chi connectivity index (χ1n) is 8.92. The second-order valence-corrected chi connectivity index (χ2v) is 7.68. The first-order chi connectivity index (χ1) is 10.8. The lowest BCUT2D eigenvalue weighted by molar-refractivity contribution is -0.122. The summed E-state index contributed by atoms with van der Waals surface area (Å²) in [6.07, 6.45) is 11.4. The van der Waals surface area contributed by atoms with Crippen LogP contribution in [0, 0.1) is 0 Å². The van der Waals surface area contributed by atoms with Crippen molar-refractivity contribution >= 4 is 29.7 Å². The Labute approximate surface area is 150 Å². The third-order valence-electron chi connectivity index (χ3n) is 5.08. The van der Waals surface area contributed by atoms with Crippen molar-refractivity contribution in [3.05, 3.63) is 21.9 Å². The average molecular weight is 357 g/mol. The number of amides is 1. The predicted octanol–water partition coefficient (Wildman–Crippen LogP) is 4.02. The molecule has 2 aliphatic carbocycles. The number of hydrogen-bond donors (Lipinski definition) is 2. The third kappa shape index (κ3) is 5.20. The Morgan fingerprint density at radius 2 is 1.87 bits per heavy atom. The van der Waals surface area contributed by atoms with E-state index in [-0.39, 0.29) is 24.2 Å². The lowest BCUT2D eigenvalue weighted by Crippen LogP contribution is -2.39. The first-order valence-corrected chi connectivity index (χ1v) is 9.80. The van der Waals surface area contributed by atoms with E-state index in [0.717, 1.165) is 32.4 Å². The highest BCUT2D eigenvalue weighted by molar-refractivity contribution is 7.10. The number of carbonyl (C=O) groups is 1. The van der Waals surface area contributed by atoms with Crippen molar-refractivity contribution in [2.45, 2.75) is 69.7 Å². The van der Waals surface area contributed by atoms with Crippen LogP contribution in [-0.4, -0.2) is 25.0 Å². The van der Waals surface area contributed by atoms with Gasteiger partial charge in [0, 0.05) is 24.0 Å². The Bertz CT molecular complexity index is 483. The van der Waals surface area contributed by atoms with E-state index >= 15 is 0 Å². The summed E-state index contributed by atoms with van der Waals surface area (Å²) in [5.74, 6) is 0.315. The van der Waals surface area contributed by atoms with E-state index in [1.165, 1.54) is 49.0 Å². The number of rotatable bonds is 5. The summed E-state index contributed by atoms with van der Waals surface area (Å²) in [6, 6.07) is 2.81. The standard InChI is InChI=1S/C18H28N2OS.ClH/c21-18(16-8-5-9-17-15(16)10-13-22-17)20-12-11-19-14-6-3-1-2-4-7-14;/h10,13-14,16,19H,1-9,11-12H2,(H,20,21);1H. The molecule has 2 N–H and O–H groups in total. The number of halogens is 1. The summed E-state index contributed by atoms with van der Waals surface area (Å²) in [7, 11) is 0. The molecular formula is C18H29ClN2OS. The SMILES string of the molecule is Cl.O=C(NCCNC1CCCCCC1)C1CCCc2sccc21. The Balaban J connectivity index is 0.00000192. The summed E-state index contributed by atoms with van der Waals surface area (Å²) in [5.41, 5.74) is 1.28. The maximum atomic E-state index is 12.4. The van der Waals surface area contributed by atoms with Gasteiger partial charge in [-0.3, -0.25) is 4.79 Å². The maximum Gasteiger partial charge on any atom is 0.227 e. The highest BCUT2D eigenvalue weighted by Crippen LogP contribution is 2.34. The number of hydrogen-bond acceptors (Lipinski definition) is 3. The van der Waals surface area contributed by atoms with Gasteiger partial charge in [0.2, 0.25) is 5.91 Å². The Morgan fingerprint density at radius 3 is 2.65 bits per heavy atom. The van der Waals surface area contributed by atoms with E-state index < -0.39 is 0 Å². The van der Waals surface area contributed by atoms with E-state index in [1.807, 2.05) is 0 Å². The van der Waals surface area contributed by atoms with Gasteiger partial charge in [-0.05, 0) is 49.1 Å². The van der Waals surface area contributed by atoms with Gasteiger partial charge in [-0.25, -0.2) is 0 Å². The van der Waals surface area contributed by atoms with Crippen LogP contribution in [0.5, 0.6) is 0 Å². The molecule has 0 saturated heterocycles. The van der Waals surface area contributed by atoms with Crippen molar-refractivity contribution in [2.24, 2.45) is 0 Å². The van der Waals surface area contributed by atoms with Gasteiger partial charge in [0.25, 0.3) is 0 Å². The molecule has 3 nitrogen and oxygen atoms in total. The molecule has 1 unspecified atom stereocenters. The van der Waals surface area contributed by atoms with Crippen LogP contribution in [-0.2, 0) is 11.2 Å². The molecule has 5 heteroatoms. The highest BCUT2D eigenvalue weighted by Gasteiger charge is 2.26. The van der Waals surface area contributed by atoms with E-state index in [0.29, 0.717) is 6.04 Å². The molecule has 23 heavy (non-hydrogen) atoms. The van der Waals surface area contributed by atoms with Crippen molar-refractivity contribution in [3.8, 4) is 0 Å². The normalized spacial score (nSPS) is 21.8. The lowest BCUT2D eigenvalue weighted by atomic mass is 9.87. The van der Waals surface area contributed by atoms with Crippen LogP contribution in [0.15, 0.2) is 11.4 Å². The molecule has 1 aromatic rings. The van der Waals surface area contributed by atoms with E-state index in [9.17, 15) is 4.79 Å². The molecular weight excluding hydrogens is 328 g/mol. The minimum absolute atomic E-state index is 0. The quantitative estimate of drug-likeness (QED) is 0.618. The van der Waals surface area contributed by atoms with Crippen LogP contribution < -0.4 is 10.6 Å². The second kappa shape index (κ2) is 9.65. The molecule has 1 aromatic heterocycles. The molecule has 1 heterocycles.